The quantitative estimate of drug-likeness (QED) is 0.0776. The zero-order valence-corrected chi connectivity index (χ0v) is 40.2. The SMILES string of the molecule is Brc1cccc(-c2cccc([Si](c3ccccc3)(c3ccccc3)c3ccccc3)c2)n1.Brc1cccc(-c2cccc([Si](c3ccccc3)(c3ccccc3)c3ccccc3)c2)n1. The lowest BCUT2D eigenvalue weighted by Crippen LogP contribution is -2.74. The Hall–Kier alpha value is -6.55. The van der Waals surface area contributed by atoms with E-state index < -0.39 is 16.1 Å². The molecule has 6 heteroatoms. The second kappa shape index (κ2) is 19.9. The maximum atomic E-state index is 4.72. The summed E-state index contributed by atoms with van der Waals surface area (Å²) >= 11 is 7.05. The third-order valence-corrected chi connectivity index (χ3v) is 22.3. The van der Waals surface area contributed by atoms with E-state index in [-0.39, 0.29) is 0 Å². The minimum absolute atomic E-state index is 0.845. The Bertz CT molecular complexity index is 2660. The predicted octanol–water partition coefficient (Wildman–Crippen LogP) is 9.78. The fourth-order valence-electron chi connectivity index (χ4n) is 9.09. The summed E-state index contributed by atoms with van der Waals surface area (Å²) in [5.41, 5.74) is 4.20. The van der Waals surface area contributed by atoms with E-state index in [9.17, 15) is 0 Å². The van der Waals surface area contributed by atoms with Crippen molar-refractivity contribution in [3.05, 3.63) is 276 Å². The summed E-state index contributed by atoms with van der Waals surface area (Å²) in [6.45, 7) is 0. The van der Waals surface area contributed by atoms with Gasteiger partial charge in [0, 0.05) is 11.1 Å². The number of aromatic nitrogens is 2. The smallest absolute Gasteiger partial charge is 0.179 e. The van der Waals surface area contributed by atoms with Gasteiger partial charge in [-0.3, -0.25) is 0 Å². The first-order valence-electron chi connectivity index (χ1n) is 21.4. The van der Waals surface area contributed by atoms with Gasteiger partial charge in [0.2, 0.25) is 0 Å². The Balaban J connectivity index is 0.000000162. The predicted molar refractivity (Wildman–Crippen MR) is 282 cm³/mol. The van der Waals surface area contributed by atoms with Crippen LogP contribution in [-0.2, 0) is 0 Å². The molecule has 2 heterocycles. The number of benzene rings is 8. The summed E-state index contributed by atoms with van der Waals surface area (Å²) in [7, 11) is -5.03. The second-order valence-corrected chi connectivity index (χ2v) is 24.8. The molecule has 10 rings (SSSR count). The van der Waals surface area contributed by atoms with E-state index in [4.69, 9.17) is 9.97 Å². The van der Waals surface area contributed by atoms with Gasteiger partial charge in [-0.15, -0.1) is 0 Å². The van der Waals surface area contributed by atoms with Crippen molar-refractivity contribution in [2.75, 3.05) is 0 Å². The third-order valence-electron chi connectivity index (χ3n) is 11.9. The van der Waals surface area contributed by atoms with Crippen LogP contribution in [0, 0.1) is 0 Å². The zero-order chi connectivity index (χ0) is 43.6. The van der Waals surface area contributed by atoms with Gasteiger partial charge in [-0.25, -0.2) is 9.97 Å². The molecular formula is C58H44Br2N2Si2. The standard InChI is InChI=1S/2C29H22BrNSi/c2*30-29-21-11-20-28(31-29)23-12-10-19-27(22-23)32(24-13-4-1-5-14-24,25-15-6-2-7-16-25)26-17-8-3-9-18-26/h2*1-22H. The molecule has 2 aromatic heterocycles. The number of rotatable bonds is 10. The topological polar surface area (TPSA) is 25.8 Å². The van der Waals surface area contributed by atoms with Crippen molar-refractivity contribution < 1.29 is 0 Å². The summed E-state index contributed by atoms with van der Waals surface area (Å²) in [4.78, 5) is 9.43. The highest BCUT2D eigenvalue weighted by atomic mass is 79.9. The molecule has 0 aliphatic rings. The highest BCUT2D eigenvalue weighted by Crippen LogP contribution is 2.22. The van der Waals surface area contributed by atoms with Gasteiger partial charge in [-0.1, -0.05) is 243 Å². The van der Waals surface area contributed by atoms with Gasteiger partial charge in [0.1, 0.15) is 9.21 Å². The first kappa shape index (κ1) is 42.7. The van der Waals surface area contributed by atoms with Gasteiger partial charge in [0.05, 0.1) is 11.4 Å². The van der Waals surface area contributed by atoms with Gasteiger partial charge < -0.3 is 0 Å². The number of hydrogen-bond acceptors (Lipinski definition) is 2. The number of hydrogen-bond donors (Lipinski definition) is 0. The monoisotopic (exact) mass is 982 g/mol. The van der Waals surface area contributed by atoms with Crippen molar-refractivity contribution in [1.82, 2.24) is 9.97 Å². The molecule has 0 saturated carbocycles. The Morgan fingerprint density at radius 3 is 0.719 bits per heavy atom. The molecule has 0 radical (unpaired) electrons. The number of nitrogens with zero attached hydrogens (tertiary/aromatic N) is 2. The van der Waals surface area contributed by atoms with Crippen LogP contribution in [0.3, 0.4) is 0 Å². The molecule has 308 valence electrons. The highest BCUT2D eigenvalue weighted by molar-refractivity contribution is 9.10. The largest absolute Gasteiger partial charge is 0.241 e. The van der Waals surface area contributed by atoms with Crippen LogP contribution in [0.1, 0.15) is 0 Å². The lowest BCUT2D eigenvalue weighted by molar-refractivity contribution is 1.28. The first-order chi connectivity index (χ1) is 31.6. The maximum Gasteiger partial charge on any atom is 0.179 e. The molecule has 0 spiro atoms. The van der Waals surface area contributed by atoms with E-state index in [2.05, 4.69) is 275 Å². The minimum atomic E-state index is -2.52. The summed E-state index contributed by atoms with van der Waals surface area (Å²) in [6.07, 6.45) is 0. The summed E-state index contributed by atoms with van der Waals surface area (Å²) in [5, 5.41) is 10.9. The van der Waals surface area contributed by atoms with Crippen LogP contribution in [0.5, 0.6) is 0 Å². The highest BCUT2D eigenvalue weighted by Gasteiger charge is 2.42. The third kappa shape index (κ3) is 8.70. The van der Waals surface area contributed by atoms with Crippen molar-refractivity contribution in [3.63, 3.8) is 0 Å². The molecule has 0 atom stereocenters. The average molecular weight is 985 g/mol. The molecule has 0 saturated heterocycles. The summed E-state index contributed by atoms with van der Waals surface area (Å²) < 4.78 is 1.69. The molecule has 0 fully saturated rings. The minimum Gasteiger partial charge on any atom is -0.241 e. The lowest BCUT2D eigenvalue weighted by Gasteiger charge is -2.34. The molecule has 2 nitrogen and oxygen atoms in total. The van der Waals surface area contributed by atoms with Crippen LogP contribution < -0.4 is 41.5 Å². The van der Waals surface area contributed by atoms with E-state index >= 15 is 0 Å². The molecule has 0 aliphatic carbocycles. The van der Waals surface area contributed by atoms with Crippen molar-refractivity contribution in [1.29, 1.82) is 0 Å². The fourth-order valence-corrected chi connectivity index (χ4v) is 19.4. The Morgan fingerprint density at radius 2 is 0.469 bits per heavy atom. The van der Waals surface area contributed by atoms with Crippen LogP contribution >= 0.6 is 31.9 Å². The van der Waals surface area contributed by atoms with Gasteiger partial charge in [0.25, 0.3) is 0 Å². The van der Waals surface area contributed by atoms with E-state index in [1.165, 1.54) is 41.5 Å². The lowest BCUT2D eigenvalue weighted by atomic mass is 10.1. The van der Waals surface area contributed by atoms with E-state index in [0.717, 1.165) is 31.7 Å². The number of halogens is 2. The van der Waals surface area contributed by atoms with Crippen LogP contribution in [0.4, 0.5) is 0 Å². The molecule has 0 N–H and O–H groups in total. The van der Waals surface area contributed by atoms with Crippen LogP contribution in [0.15, 0.2) is 276 Å². The molecular weight excluding hydrogens is 941 g/mol. The first-order valence-corrected chi connectivity index (χ1v) is 27.0. The second-order valence-electron chi connectivity index (χ2n) is 15.5. The van der Waals surface area contributed by atoms with Crippen LogP contribution in [-0.4, -0.2) is 26.1 Å². The van der Waals surface area contributed by atoms with Crippen molar-refractivity contribution in [2.45, 2.75) is 0 Å². The molecule has 8 aromatic carbocycles. The van der Waals surface area contributed by atoms with Crippen LogP contribution in [0.2, 0.25) is 0 Å². The van der Waals surface area contributed by atoms with Crippen molar-refractivity contribution >= 4 is 89.5 Å². The molecule has 0 bridgehead atoms. The van der Waals surface area contributed by atoms with Gasteiger partial charge in [-0.05, 0) is 97.6 Å². The van der Waals surface area contributed by atoms with Crippen LogP contribution in [0.25, 0.3) is 22.5 Å². The van der Waals surface area contributed by atoms with E-state index in [0.29, 0.717) is 0 Å². The van der Waals surface area contributed by atoms with Crippen molar-refractivity contribution in [2.24, 2.45) is 0 Å². The van der Waals surface area contributed by atoms with E-state index in [1.54, 1.807) is 0 Å². The van der Waals surface area contributed by atoms with Gasteiger partial charge in [-0.2, -0.15) is 0 Å². The molecule has 0 unspecified atom stereocenters. The van der Waals surface area contributed by atoms with Crippen molar-refractivity contribution in [3.8, 4) is 22.5 Å². The molecule has 10 aromatic rings. The Morgan fingerprint density at radius 1 is 0.234 bits per heavy atom. The average Bonchev–Trinajstić information content (AvgIpc) is 3.37. The van der Waals surface area contributed by atoms with E-state index in [1.807, 2.05) is 24.3 Å². The fraction of sp³-hybridized carbons (Fsp3) is 0. The zero-order valence-electron chi connectivity index (χ0n) is 35.1. The molecule has 0 amide bonds. The Labute approximate surface area is 395 Å². The Kier molecular flexibility index (Phi) is 13.3. The normalized spacial score (nSPS) is 11.3. The maximum absolute atomic E-state index is 4.72. The summed E-state index contributed by atoms with van der Waals surface area (Å²) in [5.74, 6) is 0. The summed E-state index contributed by atoms with van der Waals surface area (Å²) in [6, 6.07) is 96.0. The molecule has 0 aliphatic heterocycles. The van der Waals surface area contributed by atoms with Gasteiger partial charge >= 0.3 is 0 Å². The van der Waals surface area contributed by atoms with Gasteiger partial charge in [0.15, 0.2) is 16.1 Å². The molecule has 64 heavy (non-hydrogen) atoms. The number of pyridine rings is 2.